The maximum Gasteiger partial charge on any atom is 0.238 e. The topological polar surface area (TPSA) is 62.1 Å². The summed E-state index contributed by atoms with van der Waals surface area (Å²) in [7, 11) is 0. The quantitative estimate of drug-likeness (QED) is 0.918. The van der Waals surface area contributed by atoms with Crippen LogP contribution in [0.15, 0.2) is 48.5 Å². The van der Waals surface area contributed by atoms with Crippen molar-refractivity contribution in [3.05, 3.63) is 54.1 Å². The molecule has 0 heterocycles. The van der Waals surface area contributed by atoms with Crippen molar-refractivity contribution in [1.82, 2.24) is 0 Å². The van der Waals surface area contributed by atoms with Crippen LogP contribution in [0.25, 0.3) is 0 Å². The summed E-state index contributed by atoms with van der Waals surface area (Å²) in [6.45, 7) is 2.02. The number of nitrogens with zero attached hydrogens (tertiary/aromatic N) is 1. The highest BCUT2D eigenvalue weighted by molar-refractivity contribution is 5.92. The largest absolute Gasteiger partial charge is 0.457 e. The SMILES string of the molecule is Cc1ccc(Oc2ccc(NC(=O)CC#N)cc2)cc1. The fourth-order valence-electron chi connectivity index (χ4n) is 1.63. The molecule has 0 fully saturated rings. The Morgan fingerprint density at radius 2 is 1.65 bits per heavy atom. The number of nitrogens with one attached hydrogen (secondary N) is 1. The van der Waals surface area contributed by atoms with E-state index in [1.54, 1.807) is 30.3 Å². The average molecular weight is 266 g/mol. The van der Waals surface area contributed by atoms with Crippen LogP contribution in [-0.2, 0) is 4.79 Å². The average Bonchev–Trinajstić information content (AvgIpc) is 2.44. The highest BCUT2D eigenvalue weighted by Gasteiger charge is 2.02. The standard InChI is InChI=1S/C16H14N2O2/c1-12-2-6-14(7-3-12)20-15-8-4-13(5-9-15)18-16(19)10-11-17/h2-9H,10H2,1H3,(H,18,19). The van der Waals surface area contributed by atoms with E-state index in [4.69, 9.17) is 10.00 Å². The summed E-state index contributed by atoms with van der Waals surface area (Å²) in [4.78, 5) is 11.3. The second-order valence-corrected chi connectivity index (χ2v) is 4.32. The lowest BCUT2D eigenvalue weighted by Gasteiger charge is -2.07. The Morgan fingerprint density at radius 1 is 1.10 bits per heavy atom. The number of carbonyl (C=O) groups is 1. The maximum atomic E-state index is 11.3. The number of hydrogen-bond acceptors (Lipinski definition) is 3. The van der Waals surface area contributed by atoms with Gasteiger partial charge in [0.1, 0.15) is 17.9 Å². The highest BCUT2D eigenvalue weighted by atomic mass is 16.5. The minimum Gasteiger partial charge on any atom is -0.457 e. The number of rotatable bonds is 4. The maximum absolute atomic E-state index is 11.3. The molecule has 20 heavy (non-hydrogen) atoms. The number of benzene rings is 2. The first-order chi connectivity index (χ1) is 9.67. The van der Waals surface area contributed by atoms with Gasteiger partial charge in [0.15, 0.2) is 0 Å². The Hall–Kier alpha value is -2.80. The molecule has 0 saturated heterocycles. The number of amides is 1. The summed E-state index contributed by atoms with van der Waals surface area (Å²) in [5, 5.41) is 11.0. The highest BCUT2D eigenvalue weighted by Crippen LogP contribution is 2.23. The van der Waals surface area contributed by atoms with Gasteiger partial charge < -0.3 is 10.1 Å². The van der Waals surface area contributed by atoms with Crippen LogP contribution in [0.5, 0.6) is 11.5 Å². The number of carbonyl (C=O) groups excluding carboxylic acids is 1. The van der Waals surface area contributed by atoms with Gasteiger partial charge in [0.05, 0.1) is 6.07 Å². The van der Waals surface area contributed by atoms with Crippen LogP contribution in [0.2, 0.25) is 0 Å². The third-order valence-corrected chi connectivity index (χ3v) is 2.63. The molecule has 2 aromatic carbocycles. The van der Waals surface area contributed by atoms with Gasteiger partial charge in [0, 0.05) is 5.69 Å². The van der Waals surface area contributed by atoms with E-state index in [9.17, 15) is 4.79 Å². The number of hydrogen-bond donors (Lipinski definition) is 1. The lowest BCUT2D eigenvalue weighted by molar-refractivity contribution is -0.115. The van der Waals surface area contributed by atoms with Gasteiger partial charge >= 0.3 is 0 Å². The molecule has 0 radical (unpaired) electrons. The monoisotopic (exact) mass is 266 g/mol. The Morgan fingerprint density at radius 3 is 2.20 bits per heavy atom. The molecule has 4 heteroatoms. The van der Waals surface area contributed by atoms with Gasteiger partial charge in [-0.15, -0.1) is 0 Å². The minimum absolute atomic E-state index is 0.151. The molecule has 2 rings (SSSR count). The van der Waals surface area contributed by atoms with Crippen molar-refractivity contribution in [2.75, 3.05) is 5.32 Å². The van der Waals surface area contributed by atoms with Crippen LogP contribution in [0.1, 0.15) is 12.0 Å². The van der Waals surface area contributed by atoms with Crippen LogP contribution in [0.4, 0.5) is 5.69 Å². The second-order valence-electron chi connectivity index (χ2n) is 4.32. The van der Waals surface area contributed by atoms with E-state index in [0.29, 0.717) is 11.4 Å². The number of nitriles is 1. The molecule has 0 unspecified atom stereocenters. The fraction of sp³-hybridized carbons (Fsp3) is 0.125. The fourth-order valence-corrected chi connectivity index (χ4v) is 1.63. The molecule has 2 aromatic rings. The van der Waals surface area contributed by atoms with Gasteiger partial charge in [-0.1, -0.05) is 17.7 Å². The first-order valence-electron chi connectivity index (χ1n) is 6.19. The zero-order chi connectivity index (χ0) is 14.4. The lowest BCUT2D eigenvalue weighted by atomic mass is 10.2. The summed E-state index contributed by atoms with van der Waals surface area (Å²) in [6.07, 6.45) is -0.151. The molecule has 4 nitrogen and oxygen atoms in total. The molecule has 0 bridgehead atoms. The lowest BCUT2D eigenvalue weighted by Crippen LogP contribution is -2.09. The molecule has 1 N–H and O–H groups in total. The van der Waals surface area contributed by atoms with E-state index < -0.39 is 0 Å². The zero-order valence-electron chi connectivity index (χ0n) is 11.1. The van der Waals surface area contributed by atoms with Crippen molar-refractivity contribution < 1.29 is 9.53 Å². The molecule has 0 aliphatic carbocycles. The van der Waals surface area contributed by atoms with E-state index in [1.807, 2.05) is 31.2 Å². The number of anilines is 1. The predicted octanol–water partition coefficient (Wildman–Crippen LogP) is 3.64. The number of ether oxygens (including phenoxy) is 1. The molecule has 1 amide bonds. The van der Waals surface area contributed by atoms with Crippen LogP contribution in [0, 0.1) is 18.3 Å². The summed E-state index contributed by atoms with van der Waals surface area (Å²) >= 11 is 0. The van der Waals surface area contributed by atoms with Crippen molar-refractivity contribution in [3.8, 4) is 17.6 Å². The van der Waals surface area contributed by atoms with E-state index in [1.165, 1.54) is 5.56 Å². The van der Waals surface area contributed by atoms with Crippen molar-refractivity contribution in [3.63, 3.8) is 0 Å². The first kappa shape index (κ1) is 13.6. The van der Waals surface area contributed by atoms with Crippen LogP contribution in [-0.4, -0.2) is 5.91 Å². The van der Waals surface area contributed by atoms with Crippen molar-refractivity contribution in [2.45, 2.75) is 13.3 Å². The molecule has 0 atom stereocenters. The van der Waals surface area contributed by atoms with Gasteiger partial charge in [-0.05, 0) is 43.3 Å². The minimum atomic E-state index is -0.320. The van der Waals surface area contributed by atoms with Gasteiger partial charge in [0.2, 0.25) is 5.91 Å². The summed E-state index contributed by atoms with van der Waals surface area (Å²) in [5.74, 6) is 1.13. The first-order valence-corrected chi connectivity index (χ1v) is 6.19. The molecular formula is C16H14N2O2. The van der Waals surface area contributed by atoms with Gasteiger partial charge in [-0.3, -0.25) is 4.79 Å². The summed E-state index contributed by atoms with van der Waals surface area (Å²) in [6, 6.07) is 16.6. The predicted molar refractivity (Wildman–Crippen MR) is 76.6 cm³/mol. The van der Waals surface area contributed by atoms with E-state index in [0.717, 1.165) is 5.75 Å². The zero-order valence-corrected chi connectivity index (χ0v) is 11.1. The van der Waals surface area contributed by atoms with Crippen molar-refractivity contribution >= 4 is 11.6 Å². The molecule has 0 spiro atoms. The van der Waals surface area contributed by atoms with Crippen LogP contribution >= 0.6 is 0 Å². The van der Waals surface area contributed by atoms with E-state index in [-0.39, 0.29) is 12.3 Å². The second kappa shape index (κ2) is 6.39. The Kier molecular flexibility index (Phi) is 4.35. The van der Waals surface area contributed by atoms with Gasteiger partial charge in [-0.2, -0.15) is 5.26 Å². The molecule has 0 aromatic heterocycles. The van der Waals surface area contributed by atoms with Crippen molar-refractivity contribution in [1.29, 1.82) is 5.26 Å². The normalized spacial score (nSPS) is 9.60. The molecule has 0 aliphatic rings. The molecular weight excluding hydrogens is 252 g/mol. The van der Waals surface area contributed by atoms with Crippen molar-refractivity contribution in [2.24, 2.45) is 0 Å². The Bertz CT molecular complexity index is 625. The van der Waals surface area contributed by atoms with Gasteiger partial charge in [0.25, 0.3) is 0 Å². The number of aryl methyl sites for hydroxylation is 1. The van der Waals surface area contributed by atoms with Gasteiger partial charge in [-0.25, -0.2) is 0 Å². The third kappa shape index (κ3) is 3.85. The van der Waals surface area contributed by atoms with Crippen LogP contribution in [0.3, 0.4) is 0 Å². The molecule has 0 aliphatic heterocycles. The third-order valence-electron chi connectivity index (χ3n) is 2.63. The molecule has 0 saturated carbocycles. The summed E-state index contributed by atoms with van der Waals surface area (Å²) < 4.78 is 5.68. The van der Waals surface area contributed by atoms with E-state index >= 15 is 0 Å². The van der Waals surface area contributed by atoms with Crippen LogP contribution < -0.4 is 10.1 Å². The Labute approximate surface area is 117 Å². The summed E-state index contributed by atoms with van der Waals surface area (Å²) in [5.41, 5.74) is 1.81. The Balaban J connectivity index is 1.99. The van der Waals surface area contributed by atoms with E-state index in [2.05, 4.69) is 5.32 Å². The smallest absolute Gasteiger partial charge is 0.238 e. The molecule has 100 valence electrons.